The molecule has 4 nitrogen and oxygen atoms in total. The van der Waals surface area contributed by atoms with E-state index in [0.29, 0.717) is 13.4 Å². The third-order valence-electron chi connectivity index (χ3n) is 5.70. The summed E-state index contributed by atoms with van der Waals surface area (Å²) in [7, 11) is 0. The Kier molecular flexibility index (Phi) is 3.69. The van der Waals surface area contributed by atoms with Gasteiger partial charge in [0.05, 0.1) is 5.56 Å². The maximum absolute atomic E-state index is 6.03. The topological polar surface area (TPSA) is 31.6 Å². The number of hydrogen-bond acceptors (Lipinski definition) is 3. The van der Waals surface area contributed by atoms with E-state index in [1.807, 2.05) is 24.3 Å². The predicted molar refractivity (Wildman–Crippen MR) is 110 cm³/mol. The number of aryl methyl sites for hydroxylation is 2. The highest BCUT2D eigenvalue weighted by molar-refractivity contribution is 5.86. The van der Waals surface area contributed by atoms with Gasteiger partial charge >= 0.3 is 0 Å². The first-order chi connectivity index (χ1) is 14.3. The van der Waals surface area contributed by atoms with E-state index in [1.165, 1.54) is 33.2 Å². The standard InChI is InChI=1S/C25H20NO3/c1-2-4-17(5-3-1)15-27-21-7-6-19-14-26-9-8-18-12-24-25(29-16-28-24)13-22(18)23(26)11-20(19)10-21/h1-7,10-14H,8-9,15-16H2/q+1. The van der Waals surface area contributed by atoms with Gasteiger partial charge < -0.3 is 14.2 Å². The first-order valence-corrected chi connectivity index (χ1v) is 9.90. The minimum Gasteiger partial charge on any atom is -0.489 e. The minimum absolute atomic E-state index is 0.304. The number of hydrogen-bond donors (Lipinski definition) is 0. The maximum Gasteiger partial charge on any atom is 0.231 e. The molecular formula is C25H20NO3+. The minimum atomic E-state index is 0.304. The molecule has 6 rings (SSSR count). The zero-order valence-electron chi connectivity index (χ0n) is 15.9. The van der Waals surface area contributed by atoms with E-state index in [2.05, 4.69) is 53.2 Å². The highest BCUT2D eigenvalue weighted by atomic mass is 16.7. The molecule has 0 unspecified atom stereocenters. The van der Waals surface area contributed by atoms with Crippen LogP contribution in [0.25, 0.3) is 22.0 Å². The highest BCUT2D eigenvalue weighted by Crippen LogP contribution is 2.40. The van der Waals surface area contributed by atoms with Crippen molar-refractivity contribution in [2.75, 3.05) is 6.79 Å². The molecule has 0 saturated carbocycles. The monoisotopic (exact) mass is 382 g/mol. The zero-order chi connectivity index (χ0) is 19.2. The smallest absolute Gasteiger partial charge is 0.231 e. The van der Waals surface area contributed by atoms with Crippen LogP contribution >= 0.6 is 0 Å². The number of benzene rings is 3. The number of pyridine rings is 1. The maximum atomic E-state index is 6.03. The third-order valence-corrected chi connectivity index (χ3v) is 5.70. The lowest BCUT2D eigenvalue weighted by atomic mass is 9.95. The number of ether oxygens (including phenoxy) is 3. The van der Waals surface area contributed by atoms with Crippen LogP contribution in [0.3, 0.4) is 0 Å². The van der Waals surface area contributed by atoms with E-state index in [9.17, 15) is 0 Å². The van der Waals surface area contributed by atoms with Crippen LogP contribution in [0.15, 0.2) is 72.9 Å². The van der Waals surface area contributed by atoms with E-state index < -0.39 is 0 Å². The normalized spacial score (nSPS) is 13.8. The van der Waals surface area contributed by atoms with E-state index in [0.717, 1.165) is 30.2 Å². The number of fused-ring (bicyclic) bond motifs is 5. The van der Waals surface area contributed by atoms with Gasteiger partial charge in [-0.2, -0.15) is 4.57 Å². The lowest BCUT2D eigenvalue weighted by molar-refractivity contribution is -0.686. The van der Waals surface area contributed by atoms with Gasteiger partial charge in [-0.25, -0.2) is 0 Å². The van der Waals surface area contributed by atoms with Crippen LogP contribution in [-0.4, -0.2) is 6.79 Å². The molecule has 0 spiro atoms. The first-order valence-electron chi connectivity index (χ1n) is 9.90. The molecule has 29 heavy (non-hydrogen) atoms. The summed E-state index contributed by atoms with van der Waals surface area (Å²) in [5.41, 5.74) is 4.90. The van der Waals surface area contributed by atoms with Crippen LogP contribution in [0.5, 0.6) is 17.2 Å². The fourth-order valence-corrected chi connectivity index (χ4v) is 4.18. The van der Waals surface area contributed by atoms with E-state index in [4.69, 9.17) is 14.2 Å². The van der Waals surface area contributed by atoms with Gasteiger partial charge in [-0.3, -0.25) is 0 Å². The predicted octanol–water partition coefficient (Wildman–Crippen LogP) is 4.66. The molecule has 0 saturated heterocycles. The van der Waals surface area contributed by atoms with Crippen LogP contribution in [0.1, 0.15) is 11.1 Å². The van der Waals surface area contributed by atoms with Gasteiger partial charge in [0.1, 0.15) is 12.4 Å². The van der Waals surface area contributed by atoms with Crippen molar-refractivity contribution in [3.8, 4) is 28.5 Å². The molecule has 0 amide bonds. The van der Waals surface area contributed by atoms with Crippen molar-refractivity contribution in [2.24, 2.45) is 0 Å². The van der Waals surface area contributed by atoms with Crippen LogP contribution in [0.2, 0.25) is 0 Å². The Hall–Kier alpha value is -3.53. The van der Waals surface area contributed by atoms with Gasteiger partial charge in [0.25, 0.3) is 0 Å². The van der Waals surface area contributed by atoms with Gasteiger partial charge in [0.15, 0.2) is 24.2 Å². The van der Waals surface area contributed by atoms with Crippen molar-refractivity contribution < 1.29 is 18.8 Å². The Balaban J connectivity index is 1.38. The van der Waals surface area contributed by atoms with Crippen molar-refractivity contribution in [1.29, 1.82) is 0 Å². The van der Waals surface area contributed by atoms with Gasteiger partial charge in [-0.05, 0) is 46.8 Å². The Labute approximate surface area is 168 Å². The summed E-state index contributed by atoms with van der Waals surface area (Å²) in [6, 6.07) is 23.1. The summed E-state index contributed by atoms with van der Waals surface area (Å²) in [6.07, 6.45) is 3.23. The summed E-state index contributed by atoms with van der Waals surface area (Å²) in [5.74, 6) is 2.57. The summed E-state index contributed by atoms with van der Waals surface area (Å²) in [6.45, 7) is 1.83. The lowest BCUT2D eigenvalue weighted by Crippen LogP contribution is -2.39. The molecule has 0 fully saturated rings. The Bertz CT molecular complexity index is 1230. The van der Waals surface area contributed by atoms with E-state index in [-0.39, 0.29) is 0 Å². The molecule has 0 aliphatic carbocycles. The summed E-state index contributed by atoms with van der Waals surface area (Å²) >= 11 is 0. The van der Waals surface area contributed by atoms with Crippen LogP contribution in [0.4, 0.5) is 0 Å². The number of aromatic nitrogens is 1. The number of nitrogens with zero attached hydrogens (tertiary/aromatic N) is 1. The third kappa shape index (κ3) is 2.88. The summed E-state index contributed by atoms with van der Waals surface area (Å²) in [4.78, 5) is 0. The molecule has 2 aliphatic rings. The molecule has 4 heteroatoms. The Morgan fingerprint density at radius 2 is 1.72 bits per heavy atom. The van der Waals surface area contributed by atoms with Crippen LogP contribution in [-0.2, 0) is 19.6 Å². The average molecular weight is 382 g/mol. The molecule has 0 N–H and O–H groups in total. The molecule has 2 aliphatic heterocycles. The zero-order valence-corrected chi connectivity index (χ0v) is 15.9. The fourth-order valence-electron chi connectivity index (χ4n) is 4.18. The van der Waals surface area contributed by atoms with Crippen molar-refractivity contribution in [1.82, 2.24) is 0 Å². The second kappa shape index (κ2) is 6.52. The molecule has 3 heterocycles. The Morgan fingerprint density at radius 3 is 2.62 bits per heavy atom. The Morgan fingerprint density at radius 1 is 0.862 bits per heavy atom. The molecule has 1 aromatic heterocycles. The van der Waals surface area contributed by atoms with Crippen LogP contribution in [0, 0.1) is 0 Å². The van der Waals surface area contributed by atoms with Gasteiger partial charge in [0.2, 0.25) is 12.5 Å². The van der Waals surface area contributed by atoms with E-state index in [1.54, 1.807) is 0 Å². The first kappa shape index (κ1) is 16.4. The van der Waals surface area contributed by atoms with Crippen LogP contribution < -0.4 is 18.8 Å². The molecule has 0 radical (unpaired) electrons. The molecule has 0 bridgehead atoms. The van der Waals surface area contributed by atoms with Crippen molar-refractivity contribution in [2.45, 2.75) is 19.6 Å². The SMILES string of the molecule is c1ccc(COc2ccc3c[n+]4c(cc3c2)-c2cc3c(cc2CC4)OCO3)cc1. The summed E-state index contributed by atoms with van der Waals surface area (Å²) in [5, 5.41) is 2.39. The highest BCUT2D eigenvalue weighted by Gasteiger charge is 2.27. The van der Waals surface area contributed by atoms with E-state index >= 15 is 0 Å². The molecule has 4 aromatic rings. The average Bonchev–Trinajstić information content (AvgIpc) is 3.23. The van der Waals surface area contributed by atoms with Gasteiger partial charge in [-0.1, -0.05) is 30.3 Å². The fraction of sp³-hybridized carbons (Fsp3) is 0.160. The summed E-state index contributed by atoms with van der Waals surface area (Å²) < 4.78 is 19.5. The van der Waals surface area contributed by atoms with Crippen molar-refractivity contribution >= 4 is 10.8 Å². The second-order valence-corrected chi connectivity index (χ2v) is 7.53. The van der Waals surface area contributed by atoms with Crippen molar-refractivity contribution in [3.63, 3.8) is 0 Å². The largest absolute Gasteiger partial charge is 0.489 e. The lowest BCUT2D eigenvalue weighted by Gasteiger charge is -2.16. The quantitative estimate of drug-likeness (QED) is 0.483. The molecule has 3 aromatic carbocycles. The molecular weight excluding hydrogens is 362 g/mol. The second-order valence-electron chi connectivity index (χ2n) is 7.53. The molecule has 0 atom stereocenters. The van der Waals surface area contributed by atoms with Gasteiger partial charge in [0, 0.05) is 17.9 Å². The molecule has 142 valence electrons. The van der Waals surface area contributed by atoms with Gasteiger partial charge in [-0.15, -0.1) is 0 Å². The number of rotatable bonds is 3. The van der Waals surface area contributed by atoms with Crippen molar-refractivity contribution in [3.05, 3.63) is 84.1 Å².